The average molecular weight is 275 g/mol. The molecule has 1 saturated heterocycles. The molecule has 5 nitrogen and oxygen atoms in total. The van der Waals surface area contributed by atoms with Crippen molar-refractivity contribution in [1.29, 1.82) is 0 Å². The lowest BCUT2D eigenvalue weighted by Crippen LogP contribution is -2.33. The topological polar surface area (TPSA) is 50.3 Å². The van der Waals surface area contributed by atoms with Crippen molar-refractivity contribution in [3.63, 3.8) is 0 Å². The highest BCUT2D eigenvalue weighted by Crippen LogP contribution is 2.25. The molecule has 1 aromatic heterocycles. The second-order valence-corrected chi connectivity index (χ2v) is 5.64. The molecule has 108 valence electrons. The minimum Gasteiger partial charge on any atom is -0.494 e. The van der Waals surface area contributed by atoms with E-state index in [1.54, 1.807) is 7.11 Å². The average Bonchev–Trinajstić information content (AvgIpc) is 2.77. The number of piperidine rings is 1. The number of benzene rings is 1. The van der Waals surface area contributed by atoms with Crippen molar-refractivity contribution in [2.45, 2.75) is 19.4 Å². The second-order valence-electron chi connectivity index (χ2n) is 5.64. The van der Waals surface area contributed by atoms with Gasteiger partial charge in [-0.1, -0.05) is 6.07 Å². The van der Waals surface area contributed by atoms with Crippen LogP contribution in [0.4, 0.5) is 0 Å². The van der Waals surface area contributed by atoms with Crippen molar-refractivity contribution < 1.29 is 4.74 Å². The highest BCUT2D eigenvalue weighted by molar-refractivity contribution is 5.81. The fourth-order valence-electron chi connectivity index (χ4n) is 3.03. The molecule has 0 bridgehead atoms. The molecule has 5 heteroatoms. The Morgan fingerprint density at radius 1 is 1.35 bits per heavy atom. The van der Waals surface area contributed by atoms with Gasteiger partial charge in [0.25, 0.3) is 0 Å². The van der Waals surface area contributed by atoms with Gasteiger partial charge in [0, 0.05) is 6.54 Å². The second kappa shape index (κ2) is 5.32. The summed E-state index contributed by atoms with van der Waals surface area (Å²) in [4.78, 5) is 17.4. The van der Waals surface area contributed by atoms with E-state index in [-0.39, 0.29) is 5.69 Å². The van der Waals surface area contributed by atoms with Crippen molar-refractivity contribution in [2.24, 2.45) is 5.92 Å². The monoisotopic (exact) mass is 275 g/mol. The number of para-hydroxylation sites is 1. The smallest absolute Gasteiger partial charge is 0.326 e. The van der Waals surface area contributed by atoms with Crippen LogP contribution in [0.25, 0.3) is 11.0 Å². The Hall–Kier alpha value is -1.75. The van der Waals surface area contributed by atoms with Gasteiger partial charge in [0.1, 0.15) is 11.3 Å². The number of likely N-dealkylation sites (tertiary alicyclic amines) is 1. The summed E-state index contributed by atoms with van der Waals surface area (Å²) in [7, 11) is 3.79. The summed E-state index contributed by atoms with van der Waals surface area (Å²) in [5, 5.41) is 0. The Bertz CT molecular complexity index is 651. The maximum Gasteiger partial charge on any atom is 0.326 e. The molecular weight excluding hydrogens is 254 g/mol. The van der Waals surface area contributed by atoms with Crippen molar-refractivity contribution >= 4 is 11.0 Å². The van der Waals surface area contributed by atoms with Crippen LogP contribution in [-0.4, -0.2) is 41.7 Å². The Labute approximate surface area is 118 Å². The predicted molar refractivity (Wildman–Crippen MR) is 79.3 cm³/mol. The summed E-state index contributed by atoms with van der Waals surface area (Å²) in [6.45, 7) is 2.99. The zero-order valence-corrected chi connectivity index (χ0v) is 12.1. The molecular formula is C15H21N3O2. The van der Waals surface area contributed by atoms with Crippen LogP contribution in [0.1, 0.15) is 12.8 Å². The fourth-order valence-corrected chi connectivity index (χ4v) is 3.03. The molecule has 3 rings (SSSR count). The molecule has 0 unspecified atom stereocenters. The molecule has 2 heterocycles. The van der Waals surface area contributed by atoms with Crippen LogP contribution in [0.5, 0.6) is 5.75 Å². The zero-order chi connectivity index (χ0) is 14.1. The van der Waals surface area contributed by atoms with Crippen LogP contribution < -0.4 is 10.4 Å². The maximum absolute atomic E-state index is 12.2. The number of aromatic amines is 1. The predicted octanol–water partition coefficient (Wildman–Crippen LogP) is 1.68. The number of nitrogens with one attached hydrogen (secondary N) is 1. The van der Waals surface area contributed by atoms with Gasteiger partial charge in [-0.05, 0) is 51.0 Å². The van der Waals surface area contributed by atoms with Crippen molar-refractivity contribution in [1.82, 2.24) is 14.5 Å². The number of hydrogen-bond acceptors (Lipinski definition) is 3. The van der Waals surface area contributed by atoms with Gasteiger partial charge in [-0.25, -0.2) is 4.79 Å². The van der Waals surface area contributed by atoms with E-state index in [4.69, 9.17) is 4.74 Å². The number of imidazole rings is 1. The molecule has 1 N–H and O–H groups in total. The molecule has 1 fully saturated rings. The number of aromatic nitrogens is 2. The normalized spacial score (nSPS) is 17.7. The minimum atomic E-state index is -0.0385. The number of methoxy groups -OCH3 is 1. The number of ether oxygens (including phenoxy) is 1. The van der Waals surface area contributed by atoms with E-state index >= 15 is 0 Å². The van der Waals surface area contributed by atoms with Gasteiger partial charge >= 0.3 is 5.69 Å². The molecule has 1 aromatic carbocycles. The Kier molecular flexibility index (Phi) is 3.53. The molecule has 1 aliphatic heterocycles. The van der Waals surface area contributed by atoms with Gasteiger partial charge in [-0.2, -0.15) is 0 Å². The molecule has 0 radical (unpaired) electrons. The Morgan fingerprint density at radius 2 is 2.10 bits per heavy atom. The van der Waals surface area contributed by atoms with Gasteiger partial charge in [-0.3, -0.25) is 4.57 Å². The summed E-state index contributed by atoms with van der Waals surface area (Å²) < 4.78 is 7.24. The molecule has 2 aromatic rings. The third-order valence-corrected chi connectivity index (χ3v) is 4.25. The van der Waals surface area contributed by atoms with Gasteiger partial charge in [-0.15, -0.1) is 0 Å². The van der Waals surface area contributed by atoms with Crippen LogP contribution in [-0.2, 0) is 6.54 Å². The Balaban J connectivity index is 1.94. The van der Waals surface area contributed by atoms with E-state index in [9.17, 15) is 4.79 Å². The van der Waals surface area contributed by atoms with E-state index in [0.717, 1.165) is 49.3 Å². The number of nitrogens with zero attached hydrogens (tertiary/aromatic N) is 2. The van der Waals surface area contributed by atoms with Crippen LogP contribution in [0, 0.1) is 5.92 Å². The molecule has 1 aliphatic rings. The largest absolute Gasteiger partial charge is 0.494 e. The lowest BCUT2D eigenvalue weighted by Gasteiger charge is -2.29. The molecule has 0 amide bonds. The third-order valence-electron chi connectivity index (χ3n) is 4.25. The number of hydrogen-bond donors (Lipinski definition) is 1. The van der Waals surface area contributed by atoms with Gasteiger partial charge in [0.05, 0.1) is 12.6 Å². The third kappa shape index (κ3) is 2.33. The van der Waals surface area contributed by atoms with Crippen LogP contribution >= 0.6 is 0 Å². The SMILES string of the molecule is COc1cccc2[nH]c(=O)n(CC3CCN(C)CC3)c12. The van der Waals surface area contributed by atoms with Gasteiger partial charge in [0.2, 0.25) is 0 Å². The first-order valence-corrected chi connectivity index (χ1v) is 7.13. The van der Waals surface area contributed by atoms with Crippen LogP contribution in [0.3, 0.4) is 0 Å². The van der Waals surface area contributed by atoms with Crippen molar-refractivity contribution in [2.75, 3.05) is 27.2 Å². The van der Waals surface area contributed by atoms with Crippen LogP contribution in [0.15, 0.2) is 23.0 Å². The number of fused-ring (bicyclic) bond motifs is 1. The molecule has 20 heavy (non-hydrogen) atoms. The van der Waals surface area contributed by atoms with E-state index in [1.807, 2.05) is 22.8 Å². The number of H-pyrrole nitrogens is 1. The van der Waals surface area contributed by atoms with E-state index < -0.39 is 0 Å². The highest BCUT2D eigenvalue weighted by Gasteiger charge is 2.20. The van der Waals surface area contributed by atoms with Crippen molar-refractivity contribution in [3.05, 3.63) is 28.7 Å². The quantitative estimate of drug-likeness (QED) is 0.927. The molecule has 0 atom stereocenters. The number of rotatable bonds is 3. The summed E-state index contributed by atoms with van der Waals surface area (Å²) >= 11 is 0. The first-order valence-electron chi connectivity index (χ1n) is 7.13. The highest BCUT2D eigenvalue weighted by atomic mass is 16.5. The fraction of sp³-hybridized carbons (Fsp3) is 0.533. The maximum atomic E-state index is 12.2. The van der Waals surface area contributed by atoms with Gasteiger partial charge < -0.3 is 14.6 Å². The van der Waals surface area contributed by atoms with Crippen molar-refractivity contribution in [3.8, 4) is 5.75 Å². The Morgan fingerprint density at radius 3 is 2.80 bits per heavy atom. The first-order chi connectivity index (χ1) is 9.69. The summed E-state index contributed by atoms with van der Waals surface area (Å²) in [6.07, 6.45) is 2.29. The molecule has 0 aliphatic carbocycles. The lowest BCUT2D eigenvalue weighted by molar-refractivity contribution is 0.205. The summed E-state index contributed by atoms with van der Waals surface area (Å²) in [5.74, 6) is 1.32. The molecule has 0 spiro atoms. The standard InChI is InChI=1S/C15H21N3O2/c1-17-8-6-11(7-9-17)10-18-14-12(16-15(18)19)4-3-5-13(14)20-2/h3-5,11H,6-10H2,1-2H3,(H,16,19). The first kappa shape index (κ1) is 13.2. The van der Waals surface area contributed by atoms with Crippen LogP contribution in [0.2, 0.25) is 0 Å². The minimum absolute atomic E-state index is 0.0385. The molecule has 0 saturated carbocycles. The lowest BCUT2D eigenvalue weighted by atomic mass is 9.97. The van der Waals surface area contributed by atoms with E-state index in [0.29, 0.717) is 5.92 Å². The summed E-state index contributed by atoms with van der Waals surface area (Å²) in [5.41, 5.74) is 1.70. The zero-order valence-electron chi connectivity index (χ0n) is 12.1. The van der Waals surface area contributed by atoms with Gasteiger partial charge in [0.15, 0.2) is 0 Å². The van der Waals surface area contributed by atoms with E-state index in [2.05, 4.69) is 16.9 Å². The van der Waals surface area contributed by atoms with E-state index in [1.165, 1.54) is 0 Å². The summed E-state index contributed by atoms with van der Waals surface area (Å²) in [6, 6.07) is 5.72.